The van der Waals surface area contributed by atoms with Gasteiger partial charge in [0.15, 0.2) is 0 Å². The number of aromatic nitrogens is 1. The van der Waals surface area contributed by atoms with Gasteiger partial charge in [-0.05, 0) is 63.5 Å². The van der Waals surface area contributed by atoms with Crippen LogP contribution in [0.15, 0.2) is 17.8 Å². The van der Waals surface area contributed by atoms with Crippen LogP contribution >= 0.6 is 0 Å². The number of hydrogen-bond acceptors (Lipinski definition) is 7. The molecule has 0 aliphatic heterocycles. The molecule has 0 bridgehead atoms. The Bertz CT molecular complexity index is 799. The molecule has 4 N–H and O–H groups in total. The molecule has 32 heavy (non-hydrogen) atoms. The van der Waals surface area contributed by atoms with Crippen LogP contribution in [0.5, 0.6) is 5.75 Å². The largest absolute Gasteiger partial charge is 0.489 e. The molecule has 2 fully saturated rings. The summed E-state index contributed by atoms with van der Waals surface area (Å²) in [6, 6.07) is 3.75. The lowest BCUT2D eigenvalue weighted by Crippen LogP contribution is -2.37. The van der Waals surface area contributed by atoms with Gasteiger partial charge in [0.05, 0.1) is 28.9 Å². The fourth-order valence-corrected chi connectivity index (χ4v) is 4.26. The Morgan fingerprint density at radius 1 is 1.09 bits per heavy atom. The topological polar surface area (TPSA) is 107 Å². The second-order valence-corrected chi connectivity index (χ2v) is 9.21. The smallest absolute Gasteiger partial charge is 0.409 e. The van der Waals surface area contributed by atoms with E-state index in [-0.39, 0.29) is 18.8 Å². The molecule has 8 heteroatoms. The maximum atomic E-state index is 12.4. The number of pyridine rings is 1. The molecule has 1 aromatic heterocycles. The predicted octanol–water partition coefficient (Wildman–Crippen LogP) is 3.79. The Balaban J connectivity index is 1.65. The van der Waals surface area contributed by atoms with Crippen molar-refractivity contribution in [3.05, 3.63) is 29.2 Å². The molecule has 178 valence electrons. The fourth-order valence-electron chi connectivity index (χ4n) is 4.26. The lowest BCUT2D eigenvalue weighted by atomic mass is 9.85. The van der Waals surface area contributed by atoms with Gasteiger partial charge in [-0.3, -0.25) is 0 Å². The van der Waals surface area contributed by atoms with E-state index < -0.39 is 0 Å². The number of amides is 1. The lowest BCUT2D eigenvalue weighted by Gasteiger charge is -2.30. The molecule has 3 rings (SSSR count). The highest BCUT2D eigenvalue weighted by Crippen LogP contribution is 2.27. The van der Waals surface area contributed by atoms with Gasteiger partial charge in [-0.1, -0.05) is 19.3 Å². The first-order chi connectivity index (χ1) is 15.3. The van der Waals surface area contributed by atoms with Crippen molar-refractivity contribution in [3.8, 4) is 5.75 Å². The summed E-state index contributed by atoms with van der Waals surface area (Å²) in [6.07, 6.45) is 10.6. The number of nitrogens with zero attached hydrogens (tertiary/aromatic N) is 3. The molecule has 0 saturated heterocycles. The van der Waals surface area contributed by atoms with Crippen molar-refractivity contribution in [1.82, 2.24) is 14.9 Å². The first-order valence-corrected chi connectivity index (χ1v) is 11.8. The van der Waals surface area contributed by atoms with Crippen LogP contribution in [0.3, 0.4) is 0 Å². The van der Waals surface area contributed by atoms with Crippen molar-refractivity contribution < 1.29 is 14.3 Å². The van der Waals surface area contributed by atoms with E-state index in [2.05, 4.69) is 4.98 Å². The van der Waals surface area contributed by atoms with E-state index in [0.717, 1.165) is 30.8 Å². The molecule has 8 nitrogen and oxygen atoms in total. The van der Waals surface area contributed by atoms with Gasteiger partial charge in [0.2, 0.25) is 0 Å². The Kier molecular flexibility index (Phi) is 8.61. The van der Waals surface area contributed by atoms with Crippen molar-refractivity contribution >= 4 is 11.8 Å². The third-order valence-corrected chi connectivity index (χ3v) is 6.55. The molecule has 0 atom stereocenters. The minimum absolute atomic E-state index is 0.0201. The Hall–Kier alpha value is -2.48. The van der Waals surface area contributed by atoms with E-state index in [1.807, 2.05) is 19.1 Å². The van der Waals surface area contributed by atoms with E-state index in [0.29, 0.717) is 23.0 Å². The highest BCUT2D eigenvalue weighted by atomic mass is 16.6. The number of carbonyl (C=O) groups is 1. The summed E-state index contributed by atoms with van der Waals surface area (Å²) in [7, 11) is 3.43. The number of rotatable bonds is 8. The number of aryl methyl sites for hydroxylation is 1. The summed E-state index contributed by atoms with van der Waals surface area (Å²) < 4.78 is 11.7. The van der Waals surface area contributed by atoms with Crippen molar-refractivity contribution in [2.45, 2.75) is 70.8 Å². The zero-order chi connectivity index (χ0) is 23.1. The minimum atomic E-state index is -0.375. The maximum Gasteiger partial charge on any atom is 0.409 e. The maximum absolute atomic E-state index is 12.4. The van der Waals surface area contributed by atoms with Gasteiger partial charge < -0.3 is 25.1 Å². The molecule has 0 unspecified atom stereocenters. The van der Waals surface area contributed by atoms with Crippen LogP contribution in [0.2, 0.25) is 0 Å². The standard InChI is InChI=1S/C24H39N5O3/c1-17-22(32-19-11-6-4-5-7-12-19)14-13-20(27-17)23(25)21(29(3)26)16-31-24(30)28(2)15-18-9-8-10-18/h13-14,18-19H,4-12,15-16,25-26H2,1-3H3/b23-21-. The molecule has 1 amide bonds. The molecule has 1 heterocycles. The van der Waals surface area contributed by atoms with Crippen molar-refractivity contribution in [3.63, 3.8) is 0 Å². The molecule has 1 aromatic rings. The van der Waals surface area contributed by atoms with Crippen LogP contribution in [-0.2, 0) is 4.74 Å². The summed E-state index contributed by atoms with van der Waals surface area (Å²) >= 11 is 0. The monoisotopic (exact) mass is 445 g/mol. The Morgan fingerprint density at radius 2 is 1.78 bits per heavy atom. The summed E-state index contributed by atoms with van der Waals surface area (Å²) in [6.45, 7) is 2.62. The van der Waals surface area contributed by atoms with Gasteiger partial charge in [-0.15, -0.1) is 0 Å². The van der Waals surface area contributed by atoms with Gasteiger partial charge in [0.25, 0.3) is 0 Å². The average Bonchev–Trinajstić information content (AvgIpc) is 3.00. The number of likely N-dealkylation sites (N-methyl/N-ethyl adjacent to an activating group) is 1. The Morgan fingerprint density at radius 3 is 2.34 bits per heavy atom. The van der Waals surface area contributed by atoms with E-state index in [1.54, 1.807) is 19.0 Å². The second kappa shape index (κ2) is 11.4. The van der Waals surface area contributed by atoms with E-state index >= 15 is 0 Å². The van der Waals surface area contributed by atoms with Crippen molar-refractivity contribution in [2.24, 2.45) is 17.5 Å². The van der Waals surface area contributed by atoms with Gasteiger partial charge in [0.1, 0.15) is 12.4 Å². The Labute approximate surface area is 191 Å². The molecule has 2 aliphatic rings. The van der Waals surface area contributed by atoms with Crippen LogP contribution in [-0.4, -0.2) is 54.3 Å². The normalized spacial score (nSPS) is 18.2. The third-order valence-electron chi connectivity index (χ3n) is 6.55. The first-order valence-electron chi connectivity index (χ1n) is 11.8. The minimum Gasteiger partial charge on any atom is -0.489 e. The summed E-state index contributed by atoms with van der Waals surface area (Å²) in [5.74, 6) is 7.36. The number of ether oxygens (including phenoxy) is 2. The van der Waals surface area contributed by atoms with Gasteiger partial charge >= 0.3 is 6.09 Å². The van der Waals surface area contributed by atoms with Gasteiger partial charge in [-0.25, -0.2) is 15.6 Å². The lowest BCUT2D eigenvalue weighted by molar-refractivity contribution is 0.101. The molecule has 0 aromatic carbocycles. The zero-order valence-corrected chi connectivity index (χ0v) is 19.8. The van der Waals surface area contributed by atoms with Crippen LogP contribution in [0.4, 0.5) is 4.79 Å². The SMILES string of the molecule is Cc1nc(/C(N)=C(\COC(=O)N(C)CC2CCC2)N(C)N)ccc1OC1CCCCCC1. The molecule has 2 saturated carbocycles. The van der Waals surface area contributed by atoms with E-state index in [4.69, 9.17) is 21.1 Å². The van der Waals surface area contributed by atoms with E-state index in [1.165, 1.54) is 50.0 Å². The molecular formula is C24H39N5O3. The number of carbonyl (C=O) groups excluding carboxylic acids is 1. The number of hydrazine groups is 1. The molecular weight excluding hydrogens is 406 g/mol. The first kappa shape index (κ1) is 24.2. The predicted molar refractivity (Wildman–Crippen MR) is 125 cm³/mol. The summed E-state index contributed by atoms with van der Waals surface area (Å²) in [4.78, 5) is 18.6. The van der Waals surface area contributed by atoms with Crippen LogP contribution in [0.25, 0.3) is 5.70 Å². The summed E-state index contributed by atoms with van der Waals surface area (Å²) in [5, 5.41) is 1.38. The zero-order valence-electron chi connectivity index (χ0n) is 19.8. The van der Waals surface area contributed by atoms with Crippen LogP contribution in [0.1, 0.15) is 69.2 Å². The van der Waals surface area contributed by atoms with Crippen LogP contribution in [0, 0.1) is 12.8 Å². The number of hydrogen-bond donors (Lipinski definition) is 2. The second-order valence-electron chi connectivity index (χ2n) is 9.21. The molecule has 2 aliphatic carbocycles. The fraction of sp³-hybridized carbons (Fsp3) is 0.667. The van der Waals surface area contributed by atoms with Gasteiger partial charge in [0, 0.05) is 20.6 Å². The van der Waals surface area contributed by atoms with Crippen molar-refractivity contribution in [1.29, 1.82) is 0 Å². The highest BCUT2D eigenvalue weighted by Gasteiger charge is 2.23. The number of nitrogens with two attached hydrogens (primary N) is 2. The average molecular weight is 446 g/mol. The van der Waals surface area contributed by atoms with Gasteiger partial charge in [-0.2, -0.15) is 0 Å². The highest BCUT2D eigenvalue weighted by molar-refractivity contribution is 5.68. The van der Waals surface area contributed by atoms with Crippen LogP contribution < -0.4 is 16.3 Å². The van der Waals surface area contributed by atoms with E-state index in [9.17, 15) is 4.79 Å². The third kappa shape index (κ3) is 6.51. The molecule has 0 spiro atoms. The van der Waals surface area contributed by atoms with Crippen molar-refractivity contribution in [2.75, 3.05) is 27.2 Å². The molecule has 0 radical (unpaired) electrons. The summed E-state index contributed by atoms with van der Waals surface area (Å²) in [5.41, 5.74) is 8.64. The quantitative estimate of drug-likeness (QED) is 0.356.